The van der Waals surface area contributed by atoms with Gasteiger partial charge in [-0.3, -0.25) is 9.69 Å². The van der Waals surface area contributed by atoms with Crippen molar-refractivity contribution in [2.75, 3.05) is 65.5 Å². The summed E-state index contributed by atoms with van der Waals surface area (Å²) in [6.45, 7) is 9.35. The summed E-state index contributed by atoms with van der Waals surface area (Å²) in [5, 5.41) is 4.10. The van der Waals surface area contributed by atoms with Gasteiger partial charge in [0, 0.05) is 44.8 Å². The third-order valence-corrected chi connectivity index (χ3v) is 7.17. The number of nitrogens with one attached hydrogen (secondary N) is 1. The summed E-state index contributed by atoms with van der Waals surface area (Å²) in [7, 11) is 4.61. The standard InChI is InChI=1S/C25H32N4O4S/c1-16-12-17(2)22-21(13-16)34-25(27-22)29-10-8-28(9-11-29)7-6-26-24(30)18-14-19(31-3)23(33-5)20(15-18)32-4/h12-15H,6-11H2,1-5H3,(H,26,30). The Bertz CT molecular complexity index is 1150. The molecule has 2 aromatic carbocycles. The molecule has 4 rings (SSSR count). The van der Waals surface area contributed by atoms with E-state index >= 15 is 0 Å². The third-order valence-electron chi connectivity index (χ3n) is 6.10. The van der Waals surface area contributed by atoms with Crippen molar-refractivity contribution < 1.29 is 19.0 Å². The number of aryl methyl sites for hydroxylation is 2. The highest BCUT2D eigenvalue weighted by Crippen LogP contribution is 2.38. The SMILES string of the molecule is COc1cc(C(=O)NCCN2CCN(c3nc4c(C)cc(C)cc4s3)CC2)cc(OC)c1OC. The average molecular weight is 485 g/mol. The molecule has 3 aromatic rings. The molecule has 1 N–H and O–H groups in total. The van der Waals surface area contributed by atoms with Crippen LogP contribution < -0.4 is 24.4 Å². The highest BCUT2D eigenvalue weighted by molar-refractivity contribution is 7.22. The molecular formula is C25H32N4O4S. The molecule has 1 aromatic heterocycles. The van der Waals surface area contributed by atoms with Crippen LogP contribution in [-0.4, -0.2) is 76.4 Å². The van der Waals surface area contributed by atoms with E-state index in [2.05, 4.69) is 41.1 Å². The number of amides is 1. The van der Waals surface area contributed by atoms with Gasteiger partial charge in [-0.05, 0) is 43.2 Å². The van der Waals surface area contributed by atoms with Crippen molar-refractivity contribution in [1.82, 2.24) is 15.2 Å². The van der Waals surface area contributed by atoms with Gasteiger partial charge in [0.15, 0.2) is 16.6 Å². The van der Waals surface area contributed by atoms with E-state index < -0.39 is 0 Å². The first-order valence-corrected chi connectivity index (χ1v) is 12.2. The molecule has 1 fully saturated rings. The van der Waals surface area contributed by atoms with E-state index in [4.69, 9.17) is 19.2 Å². The minimum Gasteiger partial charge on any atom is -0.493 e. The summed E-state index contributed by atoms with van der Waals surface area (Å²) in [6, 6.07) is 7.74. The number of piperazine rings is 1. The van der Waals surface area contributed by atoms with Crippen molar-refractivity contribution in [3.63, 3.8) is 0 Å². The Labute approximate surface area is 204 Å². The van der Waals surface area contributed by atoms with Crippen LogP contribution in [0.4, 0.5) is 5.13 Å². The fourth-order valence-electron chi connectivity index (χ4n) is 4.30. The van der Waals surface area contributed by atoms with Crippen LogP contribution in [0.15, 0.2) is 24.3 Å². The Morgan fingerprint density at radius 2 is 1.68 bits per heavy atom. The second-order valence-electron chi connectivity index (χ2n) is 8.42. The van der Waals surface area contributed by atoms with Crippen LogP contribution in [0, 0.1) is 13.8 Å². The van der Waals surface area contributed by atoms with Crippen LogP contribution >= 0.6 is 11.3 Å². The van der Waals surface area contributed by atoms with E-state index in [1.54, 1.807) is 30.6 Å². The predicted molar refractivity (Wildman–Crippen MR) is 136 cm³/mol. The van der Waals surface area contributed by atoms with Crippen molar-refractivity contribution in [1.29, 1.82) is 0 Å². The lowest BCUT2D eigenvalue weighted by molar-refractivity contribution is 0.0947. The molecule has 2 heterocycles. The highest BCUT2D eigenvalue weighted by atomic mass is 32.1. The van der Waals surface area contributed by atoms with Crippen molar-refractivity contribution in [2.45, 2.75) is 13.8 Å². The molecular weight excluding hydrogens is 452 g/mol. The Kier molecular flexibility index (Phi) is 7.43. The summed E-state index contributed by atoms with van der Waals surface area (Å²) in [5.74, 6) is 1.22. The molecule has 182 valence electrons. The Hall–Kier alpha value is -3.04. The van der Waals surface area contributed by atoms with E-state index in [0.717, 1.165) is 43.4 Å². The van der Waals surface area contributed by atoms with Gasteiger partial charge in [0.2, 0.25) is 5.75 Å². The number of ether oxygens (including phenoxy) is 3. The van der Waals surface area contributed by atoms with E-state index in [-0.39, 0.29) is 5.91 Å². The molecule has 1 saturated heterocycles. The number of carbonyl (C=O) groups is 1. The first kappa shape index (κ1) is 24.1. The second kappa shape index (κ2) is 10.5. The number of thiazole rings is 1. The lowest BCUT2D eigenvalue weighted by atomic mass is 10.1. The number of hydrogen-bond acceptors (Lipinski definition) is 8. The second-order valence-corrected chi connectivity index (χ2v) is 9.43. The van der Waals surface area contributed by atoms with Crippen molar-refractivity contribution in [3.05, 3.63) is 41.0 Å². The molecule has 8 nitrogen and oxygen atoms in total. The smallest absolute Gasteiger partial charge is 0.251 e. The van der Waals surface area contributed by atoms with Crippen LogP contribution in [0.25, 0.3) is 10.2 Å². The largest absolute Gasteiger partial charge is 0.493 e. The minimum absolute atomic E-state index is 0.168. The van der Waals surface area contributed by atoms with E-state index in [0.29, 0.717) is 29.4 Å². The maximum Gasteiger partial charge on any atom is 0.251 e. The zero-order valence-electron chi connectivity index (χ0n) is 20.4. The Morgan fingerprint density at radius 1 is 1.00 bits per heavy atom. The number of aromatic nitrogens is 1. The molecule has 1 amide bonds. The Balaban J connectivity index is 1.29. The molecule has 0 aliphatic carbocycles. The van der Waals surface area contributed by atoms with Gasteiger partial charge in [0.1, 0.15) is 0 Å². The zero-order valence-corrected chi connectivity index (χ0v) is 21.3. The third kappa shape index (κ3) is 5.05. The number of rotatable bonds is 8. The van der Waals surface area contributed by atoms with E-state index in [1.807, 2.05) is 0 Å². The zero-order chi connectivity index (χ0) is 24.2. The van der Waals surface area contributed by atoms with Crippen LogP contribution in [0.1, 0.15) is 21.5 Å². The highest BCUT2D eigenvalue weighted by Gasteiger charge is 2.21. The number of nitrogens with zero attached hydrogens (tertiary/aromatic N) is 3. The summed E-state index contributed by atoms with van der Waals surface area (Å²) in [4.78, 5) is 22.3. The summed E-state index contributed by atoms with van der Waals surface area (Å²) in [6.07, 6.45) is 0. The number of anilines is 1. The van der Waals surface area contributed by atoms with Gasteiger partial charge in [-0.15, -0.1) is 0 Å². The molecule has 0 unspecified atom stereocenters. The molecule has 1 aliphatic heterocycles. The normalized spacial score (nSPS) is 14.3. The minimum atomic E-state index is -0.168. The van der Waals surface area contributed by atoms with Gasteiger partial charge >= 0.3 is 0 Å². The van der Waals surface area contributed by atoms with Gasteiger partial charge in [0.05, 0.1) is 31.5 Å². The maximum absolute atomic E-state index is 12.7. The maximum atomic E-state index is 12.7. The molecule has 0 saturated carbocycles. The number of fused-ring (bicyclic) bond motifs is 1. The molecule has 9 heteroatoms. The first-order valence-electron chi connectivity index (χ1n) is 11.4. The van der Waals surface area contributed by atoms with Crippen molar-refractivity contribution in [2.24, 2.45) is 0 Å². The van der Waals surface area contributed by atoms with Crippen molar-refractivity contribution >= 4 is 32.6 Å². The van der Waals surface area contributed by atoms with Gasteiger partial charge in [0.25, 0.3) is 5.91 Å². The number of carbonyl (C=O) groups excluding carboxylic acids is 1. The predicted octanol–water partition coefficient (Wildman–Crippen LogP) is 3.49. The monoisotopic (exact) mass is 484 g/mol. The number of hydrogen-bond donors (Lipinski definition) is 1. The lowest BCUT2D eigenvalue weighted by Gasteiger charge is -2.34. The van der Waals surface area contributed by atoms with E-state index in [1.165, 1.54) is 30.0 Å². The van der Waals surface area contributed by atoms with Crippen LogP contribution in [0.5, 0.6) is 17.2 Å². The molecule has 34 heavy (non-hydrogen) atoms. The summed E-state index contributed by atoms with van der Waals surface area (Å²) >= 11 is 1.77. The van der Waals surface area contributed by atoms with Gasteiger partial charge in [-0.25, -0.2) is 4.98 Å². The quantitative estimate of drug-likeness (QED) is 0.525. The van der Waals surface area contributed by atoms with Crippen LogP contribution in [0.3, 0.4) is 0 Å². The first-order chi connectivity index (χ1) is 16.4. The molecule has 1 aliphatic rings. The Morgan fingerprint density at radius 3 is 2.29 bits per heavy atom. The molecule has 0 bridgehead atoms. The molecule has 0 spiro atoms. The van der Waals surface area contributed by atoms with Crippen molar-refractivity contribution in [3.8, 4) is 17.2 Å². The summed E-state index contributed by atoms with van der Waals surface area (Å²) < 4.78 is 17.3. The van der Waals surface area contributed by atoms with Crippen LogP contribution in [-0.2, 0) is 0 Å². The van der Waals surface area contributed by atoms with Crippen LogP contribution in [0.2, 0.25) is 0 Å². The van der Waals surface area contributed by atoms with Gasteiger partial charge in [-0.1, -0.05) is 17.4 Å². The topological polar surface area (TPSA) is 76.2 Å². The summed E-state index contributed by atoms with van der Waals surface area (Å²) in [5.41, 5.74) is 4.10. The average Bonchev–Trinajstić information content (AvgIpc) is 3.27. The van der Waals surface area contributed by atoms with Gasteiger partial charge < -0.3 is 24.4 Å². The number of benzene rings is 2. The fraction of sp³-hybridized carbons (Fsp3) is 0.440. The molecule has 0 radical (unpaired) electrons. The fourth-order valence-corrected chi connectivity index (χ4v) is 5.49. The van der Waals surface area contributed by atoms with Gasteiger partial charge in [-0.2, -0.15) is 0 Å². The van der Waals surface area contributed by atoms with E-state index in [9.17, 15) is 4.79 Å². The molecule has 0 atom stereocenters. The number of methoxy groups -OCH3 is 3. The lowest BCUT2D eigenvalue weighted by Crippen LogP contribution is -2.48.